The van der Waals surface area contributed by atoms with Crippen LogP contribution in [-0.4, -0.2) is 39.8 Å². The average molecular weight is 336 g/mol. The maximum Gasteiger partial charge on any atom is 0.239 e. The fourth-order valence-electron chi connectivity index (χ4n) is 3.15. The van der Waals surface area contributed by atoms with E-state index < -0.39 is 0 Å². The Labute approximate surface area is 143 Å². The number of hydrogen-bond acceptors (Lipinski definition) is 5. The van der Waals surface area contributed by atoms with Gasteiger partial charge in [0.2, 0.25) is 11.7 Å². The first-order chi connectivity index (χ1) is 11.6. The Balaban J connectivity index is 1.97. The van der Waals surface area contributed by atoms with E-state index in [1.165, 1.54) is 19.3 Å². The number of rotatable bonds is 7. The molecule has 2 N–H and O–H groups in total. The van der Waals surface area contributed by atoms with Crippen molar-refractivity contribution in [2.24, 2.45) is 5.92 Å². The predicted molar refractivity (Wildman–Crippen MR) is 94.2 cm³/mol. The summed E-state index contributed by atoms with van der Waals surface area (Å²) in [6.07, 6.45) is 4.70. The molecule has 24 heavy (non-hydrogen) atoms. The molecule has 0 bridgehead atoms. The highest BCUT2D eigenvalue weighted by Crippen LogP contribution is 2.39. The molecule has 1 aromatic rings. The molecule has 0 aromatic heterocycles. The van der Waals surface area contributed by atoms with Crippen molar-refractivity contribution in [3.8, 4) is 17.2 Å². The van der Waals surface area contributed by atoms with Crippen molar-refractivity contribution in [3.63, 3.8) is 0 Å². The van der Waals surface area contributed by atoms with Gasteiger partial charge in [-0.05, 0) is 18.8 Å². The van der Waals surface area contributed by atoms with Crippen LogP contribution in [0.5, 0.6) is 17.2 Å². The van der Waals surface area contributed by atoms with Crippen LogP contribution in [0.1, 0.15) is 32.6 Å². The van der Waals surface area contributed by atoms with Crippen LogP contribution in [0.15, 0.2) is 12.1 Å². The van der Waals surface area contributed by atoms with E-state index in [2.05, 4.69) is 17.6 Å². The molecule has 6 heteroatoms. The lowest BCUT2D eigenvalue weighted by molar-refractivity contribution is -0.120. The molecule has 6 nitrogen and oxygen atoms in total. The minimum atomic E-state index is 0.00232. The van der Waals surface area contributed by atoms with Gasteiger partial charge in [-0.25, -0.2) is 0 Å². The summed E-state index contributed by atoms with van der Waals surface area (Å²) in [5, 5.41) is 6.25. The molecule has 1 aromatic carbocycles. The van der Waals surface area contributed by atoms with Gasteiger partial charge in [0.05, 0.1) is 27.9 Å². The van der Waals surface area contributed by atoms with E-state index in [1.54, 1.807) is 33.5 Å². The Bertz CT molecular complexity index is 537. The van der Waals surface area contributed by atoms with Crippen LogP contribution in [0.4, 0.5) is 5.69 Å². The number of methoxy groups -OCH3 is 3. The summed E-state index contributed by atoms with van der Waals surface area (Å²) in [7, 11) is 4.70. The topological polar surface area (TPSA) is 68.8 Å². The van der Waals surface area contributed by atoms with Crippen LogP contribution in [-0.2, 0) is 4.79 Å². The lowest BCUT2D eigenvalue weighted by Gasteiger charge is -2.29. The number of amides is 1. The smallest absolute Gasteiger partial charge is 0.239 e. The van der Waals surface area contributed by atoms with Gasteiger partial charge < -0.3 is 24.8 Å². The van der Waals surface area contributed by atoms with Crippen molar-refractivity contribution in [2.45, 2.75) is 38.6 Å². The van der Waals surface area contributed by atoms with E-state index >= 15 is 0 Å². The van der Waals surface area contributed by atoms with Gasteiger partial charge in [0.15, 0.2) is 11.5 Å². The molecule has 2 atom stereocenters. The second-order valence-corrected chi connectivity index (χ2v) is 6.20. The first-order valence-corrected chi connectivity index (χ1v) is 8.42. The molecule has 1 fully saturated rings. The van der Waals surface area contributed by atoms with E-state index in [9.17, 15) is 4.79 Å². The highest BCUT2D eigenvalue weighted by Gasteiger charge is 2.22. The van der Waals surface area contributed by atoms with Gasteiger partial charge in [0.25, 0.3) is 0 Å². The molecule has 1 aliphatic rings. The minimum Gasteiger partial charge on any atom is -0.493 e. The van der Waals surface area contributed by atoms with Gasteiger partial charge in [-0.1, -0.05) is 19.8 Å². The molecule has 1 amide bonds. The van der Waals surface area contributed by atoms with Crippen LogP contribution in [0.3, 0.4) is 0 Å². The molecular weight excluding hydrogens is 308 g/mol. The first-order valence-electron chi connectivity index (χ1n) is 8.42. The summed E-state index contributed by atoms with van der Waals surface area (Å²) in [6.45, 7) is 2.42. The quantitative estimate of drug-likeness (QED) is 0.801. The number of hydrogen-bond donors (Lipinski definition) is 2. The van der Waals surface area contributed by atoms with Crippen molar-refractivity contribution in [1.82, 2.24) is 5.32 Å². The summed E-state index contributed by atoms with van der Waals surface area (Å²) in [6, 6.07) is 3.86. The van der Waals surface area contributed by atoms with E-state index in [-0.39, 0.29) is 18.5 Å². The van der Waals surface area contributed by atoms with Crippen molar-refractivity contribution in [2.75, 3.05) is 33.2 Å². The Kier molecular flexibility index (Phi) is 6.58. The number of anilines is 1. The summed E-state index contributed by atoms with van der Waals surface area (Å²) in [4.78, 5) is 12.2. The van der Waals surface area contributed by atoms with Crippen molar-refractivity contribution < 1.29 is 19.0 Å². The standard InChI is InChI=1S/C18H28N2O4/c1-12-7-5-6-8-14(12)20-17(21)11-19-13-9-15(22-2)18(24-4)16(10-13)23-3/h9-10,12,14,19H,5-8,11H2,1-4H3,(H,20,21). The third-order valence-electron chi connectivity index (χ3n) is 4.58. The summed E-state index contributed by atoms with van der Waals surface area (Å²) < 4.78 is 15.9. The van der Waals surface area contributed by atoms with Crippen LogP contribution in [0.2, 0.25) is 0 Å². The van der Waals surface area contributed by atoms with Gasteiger partial charge in [-0.3, -0.25) is 4.79 Å². The molecule has 0 heterocycles. The summed E-state index contributed by atoms with van der Waals surface area (Å²) in [5.74, 6) is 2.19. The van der Waals surface area contributed by atoms with E-state index in [4.69, 9.17) is 14.2 Å². The third-order valence-corrected chi connectivity index (χ3v) is 4.58. The molecule has 0 spiro atoms. The van der Waals surface area contributed by atoms with E-state index in [0.29, 0.717) is 23.2 Å². The monoisotopic (exact) mass is 336 g/mol. The van der Waals surface area contributed by atoms with Gasteiger partial charge in [-0.2, -0.15) is 0 Å². The van der Waals surface area contributed by atoms with Gasteiger partial charge >= 0.3 is 0 Å². The largest absolute Gasteiger partial charge is 0.493 e. The van der Waals surface area contributed by atoms with Crippen molar-refractivity contribution in [3.05, 3.63) is 12.1 Å². The molecule has 134 valence electrons. The zero-order chi connectivity index (χ0) is 17.5. The van der Waals surface area contributed by atoms with Crippen molar-refractivity contribution >= 4 is 11.6 Å². The average Bonchev–Trinajstić information content (AvgIpc) is 2.60. The van der Waals surface area contributed by atoms with Gasteiger partial charge in [-0.15, -0.1) is 0 Å². The second-order valence-electron chi connectivity index (χ2n) is 6.20. The van der Waals surface area contributed by atoms with Gasteiger partial charge in [0.1, 0.15) is 0 Å². The molecular formula is C18H28N2O4. The second kappa shape index (κ2) is 8.66. The fourth-order valence-corrected chi connectivity index (χ4v) is 3.15. The number of ether oxygens (including phenoxy) is 3. The molecule has 1 saturated carbocycles. The Morgan fingerprint density at radius 2 is 1.71 bits per heavy atom. The number of carbonyl (C=O) groups excluding carboxylic acids is 1. The van der Waals surface area contributed by atoms with E-state index in [1.807, 2.05) is 0 Å². The van der Waals surface area contributed by atoms with Crippen LogP contribution in [0, 0.1) is 5.92 Å². The maximum atomic E-state index is 12.2. The minimum absolute atomic E-state index is 0.00232. The molecule has 0 saturated heterocycles. The molecule has 2 unspecified atom stereocenters. The van der Waals surface area contributed by atoms with Crippen molar-refractivity contribution in [1.29, 1.82) is 0 Å². The van der Waals surface area contributed by atoms with Crippen LogP contribution >= 0.6 is 0 Å². The summed E-state index contributed by atoms with van der Waals surface area (Å²) in [5.41, 5.74) is 0.747. The van der Waals surface area contributed by atoms with Crippen LogP contribution in [0.25, 0.3) is 0 Å². The zero-order valence-corrected chi connectivity index (χ0v) is 15.0. The maximum absolute atomic E-state index is 12.2. The number of carbonyl (C=O) groups is 1. The van der Waals surface area contributed by atoms with Crippen LogP contribution < -0.4 is 24.8 Å². The highest BCUT2D eigenvalue weighted by atomic mass is 16.5. The Hall–Kier alpha value is -2.11. The normalized spacial score (nSPS) is 20.2. The number of nitrogens with one attached hydrogen (secondary N) is 2. The molecule has 2 rings (SSSR count). The Morgan fingerprint density at radius 3 is 2.25 bits per heavy atom. The highest BCUT2D eigenvalue weighted by molar-refractivity contribution is 5.81. The zero-order valence-electron chi connectivity index (χ0n) is 15.0. The Morgan fingerprint density at radius 1 is 1.08 bits per heavy atom. The first kappa shape index (κ1) is 18.2. The lowest BCUT2D eigenvalue weighted by atomic mass is 9.86. The SMILES string of the molecule is COc1cc(NCC(=O)NC2CCCCC2C)cc(OC)c1OC. The number of benzene rings is 1. The molecule has 0 aliphatic heterocycles. The summed E-state index contributed by atoms with van der Waals surface area (Å²) >= 11 is 0. The van der Waals surface area contributed by atoms with Gasteiger partial charge in [0, 0.05) is 23.9 Å². The third kappa shape index (κ3) is 4.46. The fraction of sp³-hybridized carbons (Fsp3) is 0.611. The molecule has 1 aliphatic carbocycles. The van der Waals surface area contributed by atoms with E-state index in [0.717, 1.165) is 12.1 Å². The molecule has 0 radical (unpaired) electrons. The lowest BCUT2D eigenvalue weighted by Crippen LogP contribution is -2.43. The predicted octanol–water partition coefficient (Wildman–Crippen LogP) is 2.82.